The van der Waals surface area contributed by atoms with Crippen LogP contribution < -0.4 is 5.73 Å². The van der Waals surface area contributed by atoms with Gasteiger partial charge in [-0.15, -0.1) is 0 Å². The molecule has 98 valence electrons. The van der Waals surface area contributed by atoms with Crippen LogP contribution in [-0.2, 0) is 11.3 Å². The van der Waals surface area contributed by atoms with E-state index in [1.807, 2.05) is 11.0 Å². The minimum atomic E-state index is -0.475. The third-order valence-corrected chi connectivity index (χ3v) is 3.60. The first kappa shape index (κ1) is 13.7. The van der Waals surface area contributed by atoms with Gasteiger partial charge in [-0.25, -0.2) is 0 Å². The third-order valence-electron chi connectivity index (χ3n) is 3.02. The molecule has 0 spiro atoms. The Labute approximate surface area is 117 Å². The molecule has 5 heteroatoms. The van der Waals surface area contributed by atoms with Crippen LogP contribution >= 0.6 is 23.2 Å². The van der Waals surface area contributed by atoms with Gasteiger partial charge in [0.2, 0.25) is 5.91 Å². The molecule has 0 saturated heterocycles. The number of hydrogen-bond acceptors (Lipinski definition) is 2. The summed E-state index contributed by atoms with van der Waals surface area (Å²) in [6.45, 7) is 2.21. The van der Waals surface area contributed by atoms with Gasteiger partial charge >= 0.3 is 0 Å². The van der Waals surface area contributed by atoms with Crippen molar-refractivity contribution < 1.29 is 4.79 Å². The van der Waals surface area contributed by atoms with Gasteiger partial charge in [-0.3, -0.25) is 4.79 Å². The maximum atomic E-state index is 12.0. The lowest BCUT2D eigenvalue weighted by Gasteiger charge is -2.24. The molecule has 18 heavy (non-hydrogen) atoms. The molecule has 0 unspecified atom stereocenters. The average molecular weight is 287 g/mol. The number of nitrogens with zero attached hydrogens (tertiary/aromatic N) is 1. The standard InChI is InChI=1S/C13H16Cl2N2O/c1-8(16)13(18)17(11-4-5-11)7-9-2-3-10(14)6-12(9)15/h2-3,6,8,11H,4-5,7,16H2,1H3/t8-/m0/s1. The molecule has 1 saturated carbocycles. The number of carbonyl (C=O) groups is 1. The van der Waals surface area contributed by atoms with E-state index < -0.39 is 6.04 Å². The van der Waals surface area contributed by atoms with Crippen molar-refractivity contribution in [1.29, 1.82) is 0 Å². The van der Waals surface area contributed by atoms with Gasteiger partial charge < -0.3 is 10.6 Å². The second-order valence-electron chi connectivity index (χ2n) is 4.72. The summed E-state index contributed by atoms with van der Waals surface area (Å²) in [6, 6.07) is 5.17. The van der Waals surface area contributed by atoms with Crippen LogP contribution in [0.15, 0.2) is 18.2 Å². The van der Waals surface area contributed by atoms with Crippen molar-refractivity contribution in [2.45, 2.75) is 38.4 Å². The predicted octanol–water partition coefficient (Wildman–Crippen LogP) is 2.83. The van der Waals surface area contributed by atoms with Crippen molar-refractivity contribution in [3.8, 4) is 0 Å². The van der Waals surface area contributed by atoms with E-state index in [9.17, 15) is 4.79 Å². The topological polar surface area (TPSA) is 46.3 Å². The lowest BCUT2D eigenvalue weighted by atomic mass is 10.2. The molecule has 2 N–H and O–H groups in total. The number of nitrogens with two attached hydrogens (primary N) is 1. The summed E-state index contributed by atoms with van der Waals surface area (Å²) >= 11 is 12.0. The molecular formula is C13H16Cl2N2O. The van der Waals surface area contributed by atoms with Crippen LogP contribution in [0.1, 0.15) is 25.3 Å². The molecule has 0 bridgehead atoms. The number of carbonyl (C=O) groups excluding carboxylic acids is 1. The van der Waals surface area contributed by atoms with Crippen LogP contribution in [0, 0.1) is 0 Å². The Morgan fingerprint density at radius 1 is 1.50 bits per heavy atom. The van der Waals surface area contributed by atoms with Crippen molar-refractivity contribution in [3.05, 3.63) is 33.8 Å². The molecule has 1 fully saturated rings. The molecule has 3 nitrogen and oxygen atoms in total. The molecule has 1 aliphatic carbocycles. The van der Waals surface area contributed by atoms with E-state index in [0.717, 1.165) is 18.4 Å². The summed E-state index contributed by atoms with van der Waals surface area (Å²) < 4.78 is 0. The summed E-state index contributed by atoms with van der Waals surface area (Å²) in [4.78, 5) is 13.9. The second kappa shape index (κ2) is 5.47. The normalized spacial score (nSPS) is 16.4. The van der Waals surface area contributed by atoms with E-state index in [1.165, 1.54) is 0 Å². The van der Waals surface area contributed by atoms with Gasteiger partial charge in [0.1, 0.15) is 0 Å². The van der Waals surface area contributed by atoms with Gasteiger partial charge in [-0.2, -0.15) is 0 Å². The summed E-state index contributed by atoms with van der Waals surface area (Å²) in [5.74, 6) is -0.0245. The minimum absolute atomic E-state index is 0.0245. The van der Waals surface area contributed by atoms with E-state index in [2.05, 4.69) is 0 Å². The van der Waals surface area contributed by atoms with Crippen molar-refractivity contribution in [3.63, 3.8) is 0 Å². The van der Waals surface area contributed by atoms with Gasteiger partial charge in [0.25, 0.3) is 0 Å². The predicted molar refractivity (Wildman–Crippen MR) is 73.7 cm³/mol. The summed E-state index contributed by atoms with van der Waals surface area (Å²) in [6.07, 6.45) is 2.09. The highest BCUT2D eigenvalue weighted by molar-refractivity contribution is 6.35. The van der Waals surface area contributed by atoms with Crippen LogP contribution in [0.4, 0.5) is 0 Å². The fourth-order valence-electron chi connectivity index (χ4n) is 1.87. The van der Waals surface area contributed by atoms with Gasteiger partial charge in [0.05, 0.1) is 6.04 Å². The monoisotopic (exact) mass is 286 g/mol. The zero-order valence-corrected chi connectivity index (χ0v) is 11.7. The molecule has 0 heterocycles. The van der Waals surface area contributed by atoms with E-state index >= 15 is 0 Å². The molecule has 1 amide bonds. The Morgan fingerprint density at radius 2 is 2.17 bits per heavy atom. The Kier molecular flexibility index (Phi) is 4.15. The van der Waals surface area contributed by atoms with Gasteiger partial charge in [0, 0.05) is 22.6 Å². The highest BCUT2D eigenvalue weighted by Crippen LogP contribution is 2.31. The highest BCUT2D eigenvalue weighted by atomic mass is 35.5. The van der Waals surface area contributed by atoms with E-state index in [-0.39, 0.29) is 5.91 Å². The van der Waals surface area contributed by atoms with Gasteiger partial charge in [-0.1, -0.05) is 29.3 Å². The van der Waals surface area contributed by atoms with E-state index in [0.29, 0.717) is 22.6 Å². The summed E-state index contributed by atoms with van der Waals surface area (Å²) in [5, 5.41) is 1.19. The van der Waals surface area contributed by atoms with Crippen LogP contribution in [0.3, 0.4) is 0 Å². The number of benzene rings is 1. The summed E-state index contributed by atoms with van der Waals surface area (Å²) in [5.41, 5.74) is 6.58. The van der Waals surface area contributed by atoms with Crippen LogP contribution in [0.5, 0.6) is 0 Å². The van der Waals surface area contributed by atoms with Crippen molar-refractivity contribution in [1.82, 2.24) is 4.90 Å². The largest absolute Gasteiger partial charge is 0.334 e. The molecule has 1 aromatic rings. The van der Waals surface area contributed by atoms with Crippen molar-refractivity contribution in [2.24, 2.45) is 5.73 Å². The lowest BCUT2D eigenvalue weighted by molar-refractivity contribution is -0.133. The number of rotatable bonds is 4. The second-order valence-corrected chi connectivity index (χ2v) is 5.57. The van der Waals surface area contributed by atoms with Crippen molar-refractivity contribution >= 4 is 29.1 Å². The Bertz CT molecular complexity index is 458. The number of amides is 1. The molecule has 1 atom stereocenters. The minimum Gasteiger partial charge on any atom is -0.334 e. The van der Waals surface area contributed by atoms with Gasteiger partial charge in [0.15, 0.2) is 0 Å². The molecule has 0 aromatic heterocycles. The summed E-state index contributed by atoms with van der Waals surface area (Å²) in [7, 11) is 0. The first-order chi connectivity index (χ1) is 8.49. The van der Waals surface area contributed by atoms with E-state index in [1.54, 1.807) is 19.1 Å². The van der Waals surface area contributed by atoms with Crippen LogP contribution in [0.2, 0.25) is 10.0 Å². The zero-order valence-electron chi connectivity index (χ0n) is 10.2. The number of hydrogen-bond donors (Lipinski definition) is 1. The first-order valence-corrected chi connectivity index (χ1v) is 6.74. The fraction of sp³-hybridized carbons (Fsp3) is 0.462. The smallest absolute Gasteiger partial charge is 0.239 e. The SMILES string of the molecule is C[C@H](N)C(=O)N(Cc1ccc(Cl)cc1Cl)C1CC1. The van der Waals surface area contributed by atoms with Crippen molar-refractivity contribution in [2.75, 3.05) is 0 Å². The Hall–Kier alpha value is -0.770. The van der Waals surface area contributed by atoms with Crippen LogP contribution in [0.25, 0.3) is 0 Å². The van der Waals surface area contributed by atoms with E-state index in [4.69, 9.17) is 28.9 Å². The quantitative estimate of drug-likeness (QED) is 0.925. The maximum absolute atomic E-state index is 12.0. The molecular weight excluding hydrogens is 271 g/mol. The number of halogens is 2. The molecule has 1 aliphatic rings. The maximum Gasteiger partial charge on any atom is 0.239 e. The molecule has 0 aliphatic heterocycles. The molecule has 1 aromatic carbocycles. The molecule has 2 rings (SSSR count). The third kappa shape index (κ3) is 3.16. The zero-order chi connectivity index (χ0) is 13.3. The van der Waals surface area contributed by atoms with Gasteiger partial charge in [-0.05, 0) is 37.5 Å². The Morgan fingerprint density at radius 3 is 2.67 bits per heavy atom. The lowest BCUT2D eigenvalue weighted by Crippen LogP contribution is -2.42. The Balaban J connectivity index is 2.16. The highest BCUT2D eigenvalue weighted by Gasteiger charge is 2.33. The van der Waals surface area contributed by atoms with Crippen LogP contribution in [-0.4, -0.2) is 22.9 Å². The fourth-order valence-corrected chi connectivity index (χ4v) is 2.34. The first-order valence-electron chi connectivity index (χ1n) is 5.99. The molecule has 0 radical (unpaired) electrons. The average Bonchev–Trinajstić information content (AvgIpc) is 3.11.